The third-order valence-electron chi connectivity index (χ3n) is 5.29. The molecule has 2 aliphatic heterocycles. The summed E-state index contributed by atoms with van der Waals surface area (Å²) in [5, 5.41) is 0. The predicted molar refractivity (Wildman–Crippen MR) is 95.8 cm³/mol. The zero-order valence-corrected chi connectivity index (χ0v) is 14.2. The molecule has 25 heavy (non-hydrogen) atoms. The Bertz CT molecular complexity index is 787. The number of nitrogens with zero attached hydrogens (tertiary/aromatic N) is 2. The number of carbonyl (C=O) groups excluding carboxylic acids is 2. The highest BCUT2D eigenvalue weighted by Gasteiger charge is 2.42. The van der Waals surface area contributed by atoms with Crippen molar-refractivity contribution in [3.8, 4) is 0 Å². The zero-order valence-electron chi connectivity index (χ0n) is 14.2. The first kappa shape index (κ1) is 16.0. The Hall–Kier alpha value is -2.46. The van der Waals surface area contributed by atoms with Gasteiger partial charge in [-0.2, -0.15) is 0 Å². The van der Waals surface area contributed by atoms with Crippen molar-refractivity contribution in [2.24, 2.45) is 0 Å². The number of amides is 2. The van der Waals surface area contributed by atoms with Crippen molar-refractivity contribution in [3.05, 3.63) is 71.3 Å². The molecule has 0 N–H and O–H groups in total. The van der Waals surface area contributed by atoms with E-state index in [2.05, 4.69) is 23.1 Å². The molecule has 2 aliphatic rings. The SMILES string of the molecule is O=C1C[C@H](N2CCc3ccccc3C2)C(=O)N1CCc1ccccc1. The summed E-state index contributed by atoms with van der Waals surface area (Å²) >= 11 is 0. The summed E-state index contributed by atoms with van der Waals surface area (Å²) in [6, 6.07) is 18.1. The van der Waals surface area contributed by atoms with Crippen LogP contribution in [0.3, 0.4) is 0 Å². The maximum absolute atomic E-state index is 12.8. The first-order chi connectivity index (χ1) is 12.2. The summed E-state index contributed by atoms with van der Waals surface area (Å²) in [7, 11) is 0. The maximum atomic E-state index is 12.8. The summed E-state index contributed by atoms with van der Waals surface area (Å²) in [5.41, 5.74) is 3.78. The Morgan fingerprint density at radius 2 is 1.64 bits per heavy atom. The number of likely N-dealkylation sites (tertiary alicyclic amines) is 1. The molecule has 0 bridgehead atoms. The second-order valence-electron chi connectivity index (χ2n) is 6.83. The molecule has 2 aromatic carbocycles. The smallest absolute Gasteiger partial charge is 0.247 e. The van der Waals surface area contributed by atoms with Crippen molar-refractivity contribution >= 4 is 11.8 Å². The first-order valence-corrected chi connectivity index (χ1v) is 8.91. The molecule has 4 rings (SSSR count). The molecule has 1 saturated heterocycles. The molecule has 1 fully saturated rings. The molecular formula is C21H22N2O2. The summed E-state index contributed by atoms with van der Waals surface area (Å²) in [6.45, 7) is 2.07. The van der Waals surface area contributed by atoms with Gasteiger partial charge >= 0.3 is 0 Å². The Kier molecular flexibility index (Phi) is 4.36. The number of rotatable bonds is 4. The van der Waals surface area contributed by atoms with Crippen LogP contribution in [-0.2, 0) is 29.0 Å². The highest BCUT2D eigenvalue weighted by molar-refractivity contribution is 6.05. The largest absolute Gasteiger partial charge is 0.287 e. The molecule has 0 saturated carbocycles. The lowest BCUT2D eigenvalue weighted by atomic mass is 9.98. The molecule has 0 unspecified atom stereocenters. The first-order valence-electron chi connectivity index (χ1n) is 8.91. The molecular weight excluding hydrogens is 312 g/mol. The predicted octanol–water partition coefficient (Wildman–Crippen LogP) is 2.41. The number of fused-ring (bicyclic) bond motifs is 1. The monoisotopic (exact) mass is 334 g/mol. The van der Waals surface area contributed by atoms with Crippen LogP contribution in [0.4, 0.5) is 0 Å². The molecule has 2 aromatic rings. The Balaban J connectivity index is 1.43. The quantitative estimate of drug-likeness (QED) is 0.806. The standard InChI is InChI=1S/C21H22N2O2/c24-20-14-19(22-12-11-17-8-4-5-9-18(17)15-22)21(25)23(20)13-10-16-6-2-1-3-7-16/h1-9,19H,10-15H2/t19-/m0/s1. The van der Waals surface area contributed by atoms with Gasteiger partial charge in [-0.3, -0.25) is 19.4 Å². The Labute approximate surface area is 148 Å². The van der Waals surface area contributed by atoms with Gasteiger partial charge in [-0.15, -0.1) is 0 Å². The van der Waals surface area contributed by atoms with Crippen LogP contribution in [0.1, 0.15) is 23.1 Å². The van der Waals surface area contributed by atoms with E-state index in [1.807, 2.05) is 36.4 Å². The topological polar surface area (TPSA) is 40.6 Å². The van der Waals surface area contributed by atoms with Crippen molar-refractivity contribution < 1.29 is 9.59 Å². The normalized spacial score (nSPS) is 20.8. The lowest BCUT2D eigenvalue weighted by molar-refractivity contribution is -0.139. The molecule has 0 radical (unpaired) electrons. The van der Waals surface area contributed by atoms with E-state index < -0.39 is 0 Å². The second kappa shape index (κ2) is 6.81. The van der Waals surface area contributed by atoms with Gasteiger partial charge in [0.05, 0.1) is 12.5 Å². The van der Waals surface area contributed by atoms with E-state index in [1.54, 1.807) is 0 Å². The van der Waals surface area contributed by atoms with Gasteiger partial charge in [0, 0.05) is 19.6 Å². The van der Waals surface area contributed by atoms with Crippen molar-refractivity contribution in [3.63, 3.8) is 0 Å². The Morgan fingerprint density at radius 1 is 0.920 bits per heavy atom. The van der Waals surface area contributed by atoms with Gasteiger partial charge in [0.15, 0.2) is 0 Å². The van der Waals surface area contributed by atoms with E-state index in [9.17, 15) is 9.59 Å². The number of hydrogen-bond acceptors (Lipinski definition) is 3. The third kappa shape index (κ3) is 3.22. The second-order valence-corrected chi connectivity index (χ2v) is 6.83. The van der Waals surface area contributed by atoms with Crippen LogP contribution in [0.2, 0.25) is 0 Å². The molecule has 2 amide bonds. The lowest BCUT2D eigenvalue weighted by Crippen LogP contribution is -2.44. The number of imide groups is 1. The molecule has 0 aliphatic carbocycles. The van der Waals surface area contributed by atoms with Gasteiger partial charge < -0.3 is 0 Å². The third-order valence-corrected chi connectivity index (χ3v) is 5.29. The van der Waals surface area contributed by atoms with Gasteiger partial charge in [-0.1, -0.05) is 54.6 Å². The lowest BCUT2D eigenvalue weighted by Gasteiger charge is -2.32. The summed E-state index contributed by atoms with van der Waals surface area (Å²) in [5.74, 6) is -0.0647. The van der Waals surface area contributed by atoms with Crippen LogP contribution in [0.15, 0.2) is 54.6 Å². The van der Waals surface area contributed by atoms with Gasteiger partial charge in [-0.25, -0.2) is 0 Å². The number of benzene rings is 2. The average molecular weight is 334 g/mol. The van der Waals surface area contributed by atoms with Crippen molar-refractivity contribution in [2.45, 2.75) is 31.8 Å². The molecule has 4 nitrogen and oxygen atoms in total. The average Bonchev–Trinajstić information content (AvgIpc) is 2.94. The van der Waals surface area contributed by atoms with Gasteiger partial charge in [-0.05, 0) is 29.5 Å². The van der Waals surface area contributed by atoms with E-state index in [1.165, 1.54) is 16.0 Å². The highest BCUT2D eigenvalue weighted by Crippen LogP contribution is 2.26. The fourth-order valence-electron chi connectivity index (χ4n) is 3.86. The fraction of sp³-hybridized carbons (Fsp3) is 0.333. The van der Waals surface area contributed by atoms with Gasteiger partial charge in [0.2, 0.25) is 11.8 Å². The van der Waals surface area contributed by atoms with Crippen LogP contribution in [-0.4, -0.2) is 40.7 Å². The maximum Gasteiger partial charge on any atom is 0.247 e. The molecule has 128 valence electrons. The van der Waals surface area contributed by atoms with E-state index in [4.69, 9.17) is 0 Å². The van der Waals surface area contributed by atoms with E-state index in [0.29, 0.717) is 19.4 Å². The molecule has 2 heterocycles. The summed E-state index contributed by atoms with van der Waals surface area (Å²) in [4.78, 5) is 28.8. The molecule has 4 heteroatoms. The van der Waals surface area contributed by atoms with Crippen molar-refractivity contribution in [1.29, 1.82) is 0 Å². The summed E-state index contributed by atoms with van der Waals surface area (Å²) in [6.07, 6.45) is 1.97. The van der Waals surface area contributed by atoms with Gasteiger partial charge in [0.25, 0.3) is 0 Å². The van der Waals surface area contributed by atoms with Gasteiger partial charge in [0.1, 0.15) is 0 Å². The van der Waals surface area contributed by atoms with Crippen LogP contribution < -0.4 is 0 Å². The minimum Gasteiger partial charge on any atom is -0.287 e. The molecule has 0 aromatic heterocycles. The minimum atomic E-state index is -0.295. The van der Waals surface area contributed by atoms with Crippen LogP contribution in [0, 0.1) is 0 Å². The summed E-state index contributed by atoms with van der Waals surface area (Å²) < 4.78 is 0. The Morgan fingerprint density at radius 3 is 2.44 bits per heavy atom. The van der Waals surface area contributed by atoms with Crippen molar-refractivity contribution in [1.82, 2.24) is 9.80 Å². The van der Waals surface area contributed by atoms with Crippen LogP contribution in [0.25, 0.3) is 0 Å². The van der Waals surface area contributed by atoms with Crippen molar-refractivity contribution in [2.75, 3.05) is 13.1 Å². The van der Waals surface area contributed by atoms with Crippen LogP contribution in [0.5, 0.6) is 0 Å². The van der Waals surface area contributed by atoms with E-state index >= 15 is 0 Å². The number of hydrogen-bond donors (Lipinski definition) is 0. The minimum absolute atomic E-state index is 0.0275. The van der Waals surface area contributed by atoms with E-state index in [0.717, 1.165) is 25.1 Å². The molecule has 1 atom stereocenters. The van der Waals surface area contributed by atoms with Crippen LogP contribution >= 0.6 is 0 Å². The van der Waals surface area contributed by atoms with E-state index in [-0.39, 0.29) is 17.9 Å². The molecule has 0 spiro atoms. The fourth-order valence-corrected chi connectivity index (χ4v) is 3.86. The highest BCUT2D eigenvalue weighted by atomic mass is 16.2. The zero-order chi connectivity index (χ0) is 17.2. The number of carbonyl (C=O) groups is 2.